The largest absolute Gasteiger partial charge is 0.374 e. The van der Waals surface area contributed by atoms with Crippen molar-refractivity contribution < 1.29 is 4.74 Å². The summed E-state index contributed by atoms with van der Waals surface area (Å²) in [6, 6.07) is 11.3. The lowest BCUT2D eigenvalue weighted by Crippen LogP contribution is -2.48. The van der Waals surface area contributed by atoms with Crippen LogP contribution in [0.15, 0.2) is 30.3 Å². The highest BCUT2D eigenvalue weighted by atomic mass is 16.5. The molecule has 2 atom stereocenters. The van der Waals surface area contributed by atoms with E-state index in [1.165, 1.54) is 12.0 Å². The summed E-state index contributed by atoms with van der Waals surface area (Å²) in [4.78, 5) is 6.93. The quantitative estimate of drug-likeness (QED) is 0.817. The van der Waals surface area contributed by atoms with Crippen molar-refractivity contribution in [1.82, 2.24) is 19.7 Å². The van der Waals surface area contributed by atoms with Gasteiger partial charge in [-0.15, -0.1) is 0 Å². The van der Waals surface area contributed by atoms with E-state index in [1.54, 1.807) is 0 Å². The molecule has 1 aromatic carbocycles. The van der Waals surface area contributed by atoms with Gasteiger partial charge in [0.05, 0.1) is 19.3 Å². The summed E-state index contributed by atoms with van der Waals surface area (Å²) in [6.07, 6.45) is 2.50. The van der Waals surface area contributed by atoms with Crippen molar-refractivity contribution >= 4 is 0 Å². The topological polar surface area (TPSA) is 43.2 Å². The van der Waals surface area contributed by atoms with Gasteiger partial charge in [0.2, 0.25) is 0 Å². The number of hydrogen-bond acceptors (Lipinski definition) is 4. The maximum absolute atomic E-state index is 5.96. The van der Waals surface area contributed by atoms with E-state index in [9.17, 15) is 0 Å². The van der Waals surface area contributed by atoms with Gasteiger partial charge < -0.3 is 4.74 Å². The third kappa shape index (κ3) is 4.42. The van der Waals surface area contributed by atoms with Gasteiger partial charge in [0.1, 0.15) is 11.6 Å². The zero-order valence-corrected chi connectivity index (χ0v) is 15.0. The normalized spacial score (nSPS) is 20.2. The van der Waals surface area contributed by atoms with Crippen LogP contribution in [-0.2, 0) is 17.7 Å². The molecule has 1 aliphatic heterocycles. The van der Waals surface area contributed by atoms with Crippen LogP contribution in [0.1, 0.15) is 30.6 Å². The van der Waals surface area contributed by atoms with Gasteiger partial charge in [0, 0.05) is 19.1 Å². The number of aromatic nitrogens is 3. The number of nitrogens with zero attached hydrogens (tertiary/aromatic N) is 4. The van der Waals surface area contributed by atoms with Crippen LogP contribution in [0, 0.1) is 13.8 Å². The molecular formula is C19H28N4O. The van der Waals surface area contributed by atoms with E-state index in [2.05, 4.69) is 52.2 Å². The predicted octanol–water partition coefficient (Wildman–Crippen LogP) is 2.62. The van der Waals surface area contributed by atoms with E-state index >= 15 is 0 Å². The summed E-state index contributed by atoms with van der Waals surface area (Å²) in [5.74, 6) is 1.79. The zero-order valence-electron chi connectivity index (χ0n) is 15.0. The van der Waals surface area contributed by atoms with Gasteiger partial charge in [-0.1, -0.05) is 30.3 Å². The molecule has 0 unspecified atom stereocenters. The summed E-state index contributed by atoms with van der Waals surface area (Å²) in [7, 11) is 0. The van der Waals surface area contributed by atoms with Crippen molar-refractivity contribution in [3.63, 3.8) is 0 Å². The van der Waals surface area contributed by atoms with Gasteiger partial charge in [-0.05, 0) is 39.2 Å². The Morgan fingerprint density at radius 2 is 2.04 bits per heavy atom. The zero-order chi connectivity index (χ0) is 16.9. The van der Waals surface area contributed by atoms with Crippen LogP contribution in [0.2, 0.25) is 0 Å². The molecule has 0 saturated carbocycles. The first kappa shape index (κ1) is 17.1. The average molecular weight is 328 g/mol. The SMILES string of the molecule is Cc1nc(C)n(C[C@@H]2CN([C@@H](C)CCc3ccccc3)CCO2)n1. The Morgan fingerprint density at radius 3 is 2.75 bits per heavy atom. The first-order valence-corrected chi connectivity index (χ1v) is 8.89. The van der Waals surface area contributed by atoms with E-state index in [0.717, 1.165) is 44.3 Å². The number of hydrogen-bond donors (Lipinski definition) is 0. The summed E-state index contributed by atoms with van der Waals surface area (Å²) < 4.78 is 7.93. The van der Waals surface area contributed by atoms with Crippen molar-refractivity contribution in [3.8, 4) is 0 Å². The molecule has 0 amide bonds. The number of ether oxygens (including phenoxy) is 1. The highest BCUT2D eigenvalue weighted by molar-refractivity contribution is 5.14. The van der Waals surface area contributed by atoms with Gasteiger partial charge in [-0.2, -0.15) is 5.10 Å². The maximum atomic E-state index is 5.96. The molecule has 3 rings (SSSR count). The maximum Gasteiger partial charge on any atom is 0.147 e. The minimum Gasteiger partial charge on any atom is -0.374 e. The standard InChI is InChI=1S/C19H28N4O/c1-15(9-10-18-7-5-4-6-8-18)22-11-12-24-19(13-22)14-23-17(3)20-16(2)21-23/h4-8,15,19H,9-14H2,1-3H3/t15-,19-/m0/s1. The van der Waals surface area contributed by atoms with E-state index in [-0.39, 0.29) is 6.10 Å². The third-order valence-corrected chi connectivity index (χ3v) is 4.83. The van der Waals surface area contributed by atoms with Crippen molar-refractivity contribution in [2.45, 2.75) is 52.3 Å². The van der Waals surface area contributed by atoms with Crippen molar-refractivity contribution in [3.05, 3.63) is 47.5 Å². The number of morpholine rings is 1. The summed E-state index contributed by atoms with van der Waals surface area (Å²) >= 11 is 0. The molecule has 1 aromatic heterocycles. The first-order valence-electron chi connectivity index (χ1n) is 8.89. The van der Waals surface area contributed by atoms with Crippen molar-refractivity contribution in [2.24, 2.45) is 0 Å². The number of benzene rings is 1. The highest BCUT2D eigenvalue weighted by Gasteiger charge is 2.25. The second-order valence-electron chi connectivity index (χ2n) is 6.75. The molecule has 0 N–H and O–H groups in total. The minimum absolute atomic E-state index is 0.192. The molecule has 1 aliphatic rings. The Kier molecular flexibility index (Phi) is 5.63. The molecule has 0 radical (unpaired) electrons. The highest BCUT2D eigenvalue weighted by Crippen LogP contribution is 2.15. The van der Waals surface area contributed by atoms with Crippen molar-refractivity contribution in [1.29, 1.82) is 0 Å². The van der Waals surface area contributed by atoms with Crippen LogP contribution in [-0.4, -0.2) is 51.5 Å². The van der Waals surface area contributed by atoms with Crippen LogP contribution in [0.25, 0.3) is 0 Å². The lowest BCUT2D eigenvalue weighted by atomic mass is 10.0. The molecule has 2 heterocycles. The summed E-state index contributed by atoms with van der Waals surface area (Å²) in [5.41, 5.74) is 1.42. The summed E-state index contributed by atoms with van der Waals surface area (Å²) in [6.45, 7) is 9.83. The first-order chi connectivity index (χ1) is 11.6. The lowest BCUT2D eigenvalue weighted by Gasteiger charge is -2.37. The fourth-order valence-electron chi connectivity index (χ4n) is 3.38. The third-order valence-electron chi connectivity index (χ3n) is 4.83. The monoisotopic (exact) mass is 328 g/mol. The number of rotatable bonds is 6. The Bertz CT molecular complexity index is 640. The second kappa shape index (κ2) is 7.90. The van der Waals surface area contributed by atoms with Crippen LogP contribution >= 0.6 is 0 Å². The van der Waals surface area contributed by atoms with E-state index in [4.69, 9.17) is 4.74 Å². The molecule has 1 fully saturated rings. The fourth-order valence-corrected chi connectivity index (χ4v) is 3.38. The Labute approximate surface area is 144 Å². The Hall–Kier alpha value is -1.72. The molecular weight excluding hydrogens is 300 g/mol. The average Bonchev–Trinajstić information content (AvgIpc) is 2.91. The molecule has 1 saturated heterocycles. The van der Waals surface area contributed by atoms with Gasteiger partial charge >= 0.3 is 0 Å². The van der Waals surface area contributed by atoms with Gasteiger partial charge in [0.15, 0.2) is 0 Å². The van der Waals surface area contributed by atoms with Crippen LogP contribution < -0.4 is 0 Å². The van der Waals surface area contributed by atoms with Gasteiger partial charge in [0.25, 0.3) is 0 Å². The Balaban J connectivity index is 1.52. The molecule has 0 bridgehead atoms. The molecule has 0 aliphatic carbocycles. The summed E-state index contributed by atoms with van der Waals surface area (Å²) in [5, 5.41) is 4.46. The van der Waals surface area contributed by atoms with E-state index < -0.39 is 0 Å². The molecule has 0 spiro atoms. The fraction of sp³-hybridized carbons (Fsp3) is 0.579. The van der Waals surface area contributed by atoms with Crippen molar-refractivity contribution in [2.75, 3.05) is 19.7 Å². The van der Waals surface area contributed by atoms with E-state index in [0.29, 0.717) is 6.04 Å². The second-order valence-corrected chi connectivity index (χ2v) is 6.75. The van der Waals surface area contributed by atoms with Crippen LogP contribution in [0.3, 0.4) is 0 Å². The molecule has 24 heavy (non-hydrogen) atoms. The van der Waals surface area contributed by atoms with Gasteiger partial charge in [-0.25, -0.2) is 9.67 Å². The van der Waals surface area contributed by atoms with Crippen LogP contribution in [0.4, 0.5) is 0 Å². The molecule has 130 valence electrons. The smallest absolute Gasteiger partial charge is 0.147 e. The predicted molar refractivity (Wildman–Crippen MR) is 95.0 cm³/mol. The van der Waals surface area contributed by atoms with Crippen LogP contribution in [0.5, 0.6) is 0 Å². The molecule has 5 heteroatoms. The molecule has 5 nitrogen and oxygen atoms in total. The van der Waals surface area contributed by atoms with E-state index in [1.807, 2.05) is 18.5 Å². The minimum atomic E-state index is 0.192. The number of aryl methyl sites for hydroxylation is 3. The lowest BCUT2D eigenvalue weighted by molar-refractivity contribution is -0.0503. The Morgan fingerprint density at radius 1 is 1.25 bits per heavy atom. The molecule has 2 aromatic rings. The van der Waals surface area contributed by atoms with Gasteiger partial charge in [-0.3, -0.25) is 4.90 Å².